The first-order valence-corrected chi connectivity index (χ1v) is 7.15. The smallest absolute Gasteiger partial charge is 0.251 e. The molecule has 2 aromatic rings. The Bertz CT molecular complexity index is 748. The lowest BCUT2D eigenvalue weighted by Gasteiger charge is -2.15. The summed E-state index contributed by atoms with van der Waals surface area (Å²) in [6.45, 7) is 1.30. The summed E-state index contributed by atoms with van der Waals surface area (Å²) in [6, 6.07) is 7.65. The maximum absolute atomic E-state index is 13.2. The minimum Gasteiger partial charge on any atom is -0.348 e. The Morgan fingerprint density at radius 2 is 1.67 bits per heavy atom. The van der Waals surface area contributed by atoms with Crippen LogP contribution in [-0.2, 0) is 4.79 Å². The van der Waals surface area contributed by atoms with E-state index in [4.69, 9.17) is 0 Å². The maximum Gasteiger partial charge on any atom is 0.251 e. The molecule has 0 bridgehead atoms. The fourth-order valence-corrected chi connectivity index (χ4v) is 2.02. The van der Waals surface area contributed by atoms with Crippen molar-refractivity contribution < 1.29 is 22.8 Å². The van der Waals surface area contributed by atoms with Crippen LogP contribution in [0, 0.1) is 17.5 Å². The summed E-state index contributed by atoms with van der Waals surface area (Å²) in [4.78, 5) is 23.6. The number of carbonyl (C=O) groups is 2. The monoisotopic (exact) mass is 336 g/mol. The molecule has 0 unspecified atom stereocenters. The molecule has 2 aromatic carbocycles. The fraction of sp³-hybridized carbons (Fsp3) is 0.176. The van der Waals surface area contributed by atoms with Gasteiger partial charge < -0.3 is 10.6 Å². The number of rotatable bonds is 5. The number of benzene rings is 2. The normalized spacial score (nSPS) is 11.7. The largest absolute Gasteiger partial charge is 0.348 e. The van der Waals surface area contributed by atoms with Crippen LogP contribution in [0.3, 0.4) is 0 Å². The summed E-state index contributed by atoms with van der Waals surface area (Å²) in [5, 5.41) is 4.94. The Hall–Kier alpha value is -2.83. The van der Waals surface area contributed by atoms with Gasteiger partial charge in [-0.15, -0.1) is 0 Å². The SMILES string of the molecule is C[C@@H](NC(=O)CNC(=O)c1ccc(F)cc1)c1ccc(F)c(F)c1. The van der Waals surface area contributed by atoms with Crippen molar-refractivity contribution in [3.8, 4) is 0 Å². The highest BCUT2D eigenvalue weighted by molar-refractivity contribution is 5.96. The van der Waals surface area contributed by atoms with E-state index in [-0.39, 0.29) is 12.1 Å². The van der Waals surface area contributed by atoms with Gasteiger partial charge in [0.05, 0.1) is 12.6 Å². The van der Waals surface area contributed by atoms with Gasteiger partial charge in [0.25, 0.3) is 5.91 Å². The van der Waals surface area contributed by atoms with Crippen LogP contribution in [0.5, 0.6) is 0 Å². The van der Waals surface area contributed by atoms with Crippen LogP contribution >= 0.6 is 0 Å². The third-order valence-corrected chi connectivity index (χ3v) is 3.34. The fourth-order valence-electron chi connectivity index (χ4n) is 2.02. The zero-order chi connectivity index (χ0) is 17.7. The van der Waals surface area contributed by atoms with Crippen molar-refractivity contribution in [2.24, 2.45) is 0 Å². The highest BCUT2D eigenvalue weighted by Crippen LogP contribution is 2.15. The van der Waals surface area contributed by atoms with E-state index in [1.54, 1.807) is 6.92 Å². The third-order valence-electron chi connectivity index (χ3n) is 3.34. The van der Waals surface area contributed by atoms with Gasteiger partial charge in [-0.05, 0) is 48.9 Å². The molecule has 4 nitrogen and oxygen atoms in total. The maximum atomic E-state index is 13.2. The second kappa shape index (κ2) is 7.63. The van der Waals surface area contributed by atoms with E-state index in [2.05, 4.69) is 10.6 Å². The van der Waals surface area contributed by atoms with E-state index in [1.807, 2.05) is 0 Å². The number of nitrogens with one attached hydrogen (secondary N) is 2. The number of carbonyl (C=O) groups excluding carboxylic acids is 2. The number of hydrogen-bond donors (Lipinski definition) is 2. The minimum absolute atomic E-state index is 0.220. The van der Waals surface area contributed by atoms with Gasteiger partial charge >= 0.3 is 0 Å². The van der Waals surface area contributed by atoms with E-state index in [0.717, 1.165) is 24.3 Å². The van der Waals surface area contributed by atoms with Crippen molar-refractivity contribution in [2.45, 2.75) is 13.0 Å². The van der Waals surface area contributed by atoms with E-state index < -0.39 is 35.3 Å². The quantitative estimate of drug-likeness (QED) is 0.882. The van der Waals surface area contributed by atoms with Gasteiger partial charge in [-0.25, -0.2) is 13.2 Å². The van der Waals surface area contributed by atoms with Gasteiger partial charge in [-0.3, -0.25) is 9.59 Å². The topological polar surface area (TPSA) is 58.2 Å². The molecule has 0 saturated carbocycles. The van der Waals surface area contributed by atoms with Crippen molar-refractivity contribution in [3.63, 3.8) is 0 Å². The summed E-state index contributed by atoms with van der Waals surface area (Å²) in [7, 11) is 0. The molecule has 2 amide bonds. The van der Waals surface area contributed by atoms with E-state index in [9.17, 15) is 22.8 Å². The van der Waals surface area contributed by atoms with Gasteiger partial charge in [-0.2, -0.15) is 0 Å². The van der Waals surface area contributed by atoms with Crippen molar-refractivity contribution in [1.29, 1.82) is 0 Å². The lowest BCUT2D eigenvalue weighted by atomic mass is 10.1. The molecule has 1 atom stereocenters. The Balaban J connectivity index is 1.87. The van der Waals surface area contributed by atoms with E-state index in [1.165, 1.54) is 18.2 Å². The highest BCUT2D eigenvalue weighted by atomic mass is 19.2. The van der Waals surface area contributed by atoms with Gasteiger partial charge in [0.1, 0.15) is 5.82 Å². The van der Waals surface area contributed by atoms with E-state index >= 15 is 0 Å². The van der Waals surface area contributed by atoms with E-state index in [0.29, 0.717) is 5.56 Å². The second-order valence-corrected chi connectivity index (χ2v) is 5.15. The summed E-state index contributed by atoms with van der Waals surface area (Å²) in [6.07, 6.45) is 0. The molecule has 0 heterocycles. The molecule has 0 aliphatic carbocycles. The van der Waals surface area contributed by atoms with Crippen molar-refractivity contribution in [2.75, 3.05) is 6.54 Å². The molecule has 0 fully saturated rings. The van der Waals surface area contributed by atoms with Crippen LogP contribution in [0.4, 0.5) is 13.2 Å². The molecule has 2 N–H and O–H groups in total. The molecule has 2 rings (SSSR count). The predicted octanol–water partition coefficient (Wildman–Crippen LogP) is 2.71. The average Bonchev–Trinajstić information content (AvgIpc) is 2.55. The van der Waals surface area contributed by atoms with Crippen LogP contribution < -0.4 is 10.6 Å². The molecular weight excluding hydrogens is 321 g/mol. The van der Waals surface area contributed by atoms with Gasteiger partial charge in [0.15, 0.2) is 11.6 Å². The summed E-state index contributed by atoms with van der Waals surface area (Å²) >= 11 is 0. The number of halogens is 3. The molecule has 0 aliphatic rings. The molecule has 0 radical (unpaired) electrons. The minimum atomic E-state index is -1.00. The second-order valence-electron chi connectivity index (χ2n) is 5.15. The molecule has 0 spiro atoms. The van der Waals surface area contributed by atoms with Crippen LogP contribution in [-0.4, -0.2) is 18.4 Å². The Morgan fingerprint density at radius 3 is 2.29 bits per heavy atom. The van der Waals surface area contributed by atoms with Gasteiger partial charge in [0, 0.05) is 5.56 Å². The highest BCUT2D eigenvalue weighted by Gasteiger charge is 2.13. The molecule has 0 aromatic heterocycles. The molecule has 24 heavy (non-hydrogen) atoms. The Kier molecular flexibility index (Phi) is 5.57. The molecule has 126 valence electrons. The zero-order valence-electron chi connectivity index (χ0n) is 12.8. The van der Waals surface area contributed by atoms with Crippen LogP contribution in [0.2, 0.25) is 0 Å². The summed E-state index contributed by atoms with van der Waals surface area (Å²) in [5.74, 6) is -3.46. The zero-order valence-corrected chi connectivity index (χ0v) is 12.8. The number of hydrogen-bond acceptors (Lipinski definition) is 2. The first-order chi connectivity index (χ1) is 11.4. The van der Waals surface area contributed by atoms with Crippen LogP contribution in [0.1, 0.15) is 28.9 Å². The van der Waals surface area contributed by atoms with Crippen molar-refractivity contribution >= 4 is 11.8 Å². The lowest BCUT2D eigenvalue weighted by Crippen LogP contribution is -2.38. The van der Waals surface area contributed by atoms with Gasteiger partial charge in [0.2, 0.25) is 5.91 Å². The molecule has 7 heteroatoms. The summed E-state index contributed by atoms with van der Waals surface area (Å²) in [5.41, 5.74) is 0.616. The Morgan fingerprint density at radius 1 is 1.00 bits per heavy atom. The lowest BCUT2D eigenvalue weighted by molar-refractivity contribution is -0.120. The van der Waals surface area contributed by atoms with Crippen LogP contribution in [0.15, 0.2) is 42.5 Å². The molecule has 0 saturated heterocycles. The van der Waals surface area contributed by atoms with Gasteiger partial charge in [-0.1, -0.05) is 6.07 Å². The number of amides is 2. The average molecular weight is 336 g/mol. The standard InChI is InChI=1S/C17H15F3N2O2/c1-10(12-4-7-14(19)15(20)8-12)22-16(23)9-21-17(24)11-2-5-13(18)6-3-11/h2-8,10H,9H2,1H3,(H,21,24)(H,22,23)/t10-/m1/s1. The molecular formula is C17H15F3N2O2. The Labute approximate surface area is 136 Å². The third kappa shape index (κ3) is 4.58. The summed E-state index contributed by atoms with van der Waals surface area (Å²) < 4.78 is 38.8. The van der Waals surface area contributed by atoms with Crippen molar-refractivity contribution in [3.05, 3.63) is 71.0 Å². The predicted molar refractivity (Wildman–Crippen MR) is 81.6 cm³/mol. The first-order valence-electron chi connectivity index (χ1n) is 7.15. The van der Waals surface area contributed by atoms with Crippen molar-refractivity contribution in [1.82, 2.24) is 10.6 Å². The first kappa shape index (κ1) is 17.5. The van der Waals surface area contributed by atoms with Crippen LogP contribution in [0.25, 0.3) is 0 Å². The molecule has 0 aliphatic heterocycles.